The van der Waals surface area contributed by atoms with E-state index in [4.69, 9.17) is 0 Å². The van der Waals surface area contributed by atoms with Gasteiger partial charge in [-0.3, -0.25) is 0 Å². The minimum absolute atomic E-state index is 1.12. The molecule has 0 bridgehead atoms. The molecule has 0 atom stereocenters. The minimum atomic E-state index is 1.12. The van der Waals surface area contributed by atoms with E-state index in [1.807, 2.05) is 12.3 Å². The van der Waals surface area contributed by atoms with Crippen molar-refractivity contribution in [2.45, 2.75) is 39.5 Å². The van der Waals surface area contributed by atoms with Crippen LogP contribution in [-0.2, 0) is 0 Å². The van der Waals surface area contributed by atoms with Crippen LogP contribution >= 0.6 is 0 Å². The molecule has 1 aromatic heterocycles. The number of nitrogens with zero attached hydrogens (tertiary/aromatic N) is 2. The summed E-state index contributed by atoms with van der Waals surface area (Å²) in [5.41, 5.74) is 0. The van der Waals surface area contributed by atoms with Gasteiger partial charge in [-0.1, -0.05) is 32.8 Å². The van der Waals surface area contributed by atoms with E-state index in [2.05, 4.69) is 35.9 Å². The third-order valence-electron chi connectivity index (χ3n) is 2.54. The molecule has 2 heteroatoms. The van der Waals surface area contributed by atoms with Gasteiger partial charge in [0.1, 0.15) is 5.82 Å². The normalized spacial score (nSPS) is 10.3. The molecule has 0 aliphatic rings. The molecule has 1 aromatic rings. The molecule has 0 aliphatic carbocycles. The zero-order chi connectivity index (χ0) is 10.9. The van der Waals surface area contributed by atoms with Crippen molar-refractivity contribution in [3.63, 3.8) is 0 Å². The number of hydrogen-bond donors (Lipinski definition) is 0. The average Bonchev–Trinajstić information content (AvgIpc) is 2.30. The fraction of sp³-hybridized carbons (Fsp3) is 0.615. The second kappa shape index (κ2) is 7.27. The molecule has 15 heavy (non-hydrogen) atoms. The predicted octanol–water partition coefficient (Wildman–Crippen LogP) is 3.49. The van der Waals surface area contributed by atoms with Crippen molar-refractivity contribution in [3.8, 4) is 0 Å². The van der Waals surface area contributed by atoms with Gasteiger partial charge in [-0.15, -0.1) is 0 Å². The number of rotatable bonds is 7. The summed E-state index contributed by atoms with van der Waals surface area (Å²) < 4.78 is 0. The van der Waals surface area contributed by atoms with Gasteiger partial charge in [0.05, 0.1) is 0 Å². The van der Waals surface area contributed by atoms with Gasteiger partial charge in [0.15, 0.2) is 0 Å². The largest absolute Gasteiger partial charge is 0.357 e. The van der Waals surface area contributed by atoms with E-state index in [1.165, 1.54) is 25.7 Å². The zero-order valence-electron chi connectivity index (χ0n) is 9.95. The van der Waals surface area contributed by atoms with E-state index < -0.39 is 0 Å². The van der Waals surface area contributed by atoms with Crippen LogP contribution in [0.4, 0.5) is 5.82 Å². The van der Waals surface area contributed by atoms with Crippen molar-refractivity contribution in [1.82, 2.24) is 4.98 Å². The number of unbranched alkanes of at least 4 members (excludes halogenated alkanes) is 2. The molecule has 0 radical (unpaired) electrons. The Balaban J connectivity index is 2.55. The second-order valence-corrected chi connectivity index (χ2v) is 3.88. The number of pyridine rings is 1. The quantitative estimate of drug-likeness (QED) is 0.679. The van der Waals surface area contributed by atoms with Crippen molar-refractivity contribution in [2.75, 3.05) is 18.0 Å². The van der Waals surface area contributed by atoms with Crippen LogP contribution in [-0.4, -0.2) is 18.1 Å². The van der Waals surface area contributed by atoms with Crippen molar-refractivity contribution < 1.29 is 0 Å². The SMILES string of the molecule is CCCCN(CCCC)c1ccccn1. The lowest BCUT2D eigenvalue weighted by atomic mass is 10.2. The summed E-state index contributed by atoms with van der Waals surface area (Å²) in [6.07, 6.45) is 6.87. The summed E-state index contributed by atoms with van der Waals surface area (Å²) in [5.74, 6) is 1.12. The first-order valence-corrected chi connectivity index (χ1v) is 6.04. The third kappa shape index (κ3) is 4.32. The van der Waals surface area contributed by atoms with Gasteiger partial charge >= 0.3 is 0 Å². The van der Waals surface area contributed by atoms with Crippen LogP contribution < -0.4 is 4.90 Å². The van der Waals surface area contributed by atoms with Gasteiger partial charge in [0.2, 0.25) is 0 Å². The molecule has 0 aliphatic heterocycles. The number of anilines is 1. The lowest BCUT2D eigenvalue weighted by Gasteiger charge is -2.23. The van der Waals surface area contributed by atoms with Gasteiger partial charge in [0.25, 0.3) is 0 Å². The fourth-order valence-corrected chi connectivity index (χ4v) is 1.58. The summed E-state index contributed by atoms with van der Waals surface area (Å²) in [4.78, 5) is 6.81. The van der Waals surface area contributed by atoms with Crippen LogP contribution in [0.1, 0.15) is 39.5 Å². The van der Waals surface area contributed by atoms with E-state index in [9.17, 15) is 0 Å². The molecule has 0 unspecified atom stereocenters. The van der Waals surface area contributed by atoms with E-state index in [1.54, 1.807) is 0 Å². The summed E-state index contributed by atoms with van der Waals surface area (Å²) >= 11 is 0. The van der Waals surface area contributed by atoms with Crippen molar-refractivity contribution >= 4 is 5.82 Å². The molecule has 0 amide bonds. The van der Waals surface area contributed by atoms with Crippen LogP contribution in [0.25, 0.3) is 0 Å². The first kappa shape index (κ1) is 12.0. The Morgan fingerprint density at radius 2 is 1.73 bits per heavy atom. The molecule has 2 nitrogen and oxygen atoms in total. The molecule has 0 saturated carbocycles. The van der Waals surface area contributed by atoms with Crippen molar-refractivity contribution in [2.24, 2.45) is 0 Å². The van der Waals surface area contributed by atoms with Crippen LogP contribution in [0, 0.1) is 0 Å². The molecule has 0 spiro atoms. The van der Waals surface area contributed by atoms with Gasteiger partial charge in [-0.2, -0.15) is 0 Å². The summed E-state index contributed by atoms with van der Waals surface area (Å²) in [7, 11) is 0. The molecule has 0 N–H and O–H groups in total. The lowest BCUT2D eigenvalue weighted by molar-refractivity contribution is 0.671. The summed E-state index contributed by atoms with van der Waals surface area (Å²) in [6, 6.07) is 6.14. The summed E-state index contributed by atoms with van der Waals surface area (Å²) in [5, 5.41) is 0. The molecule has 0 aromatic carbocycles. The maximum Gasteiger partial charge on any atom is 0.128 e. The zero-order valence-corrected chi connectivity index (χ0v) is 9.95. The molecule has 0 saturated heterocycles. The van der Waals surface area contributed by atoms with E-state index in [0.717, 1.165) is 18.9 Å². The van der Waals surface area contributed by atoms with Crippen molar-refractivity contribution in [1.29, 1.82) is 0 Å². The second-order valence-electron chi connectivity index (χ2n) is 3.88. The molecular weight excluding hydrogens is 184 g/mol. The smallest absolute Gasteiger partial charge is 0.128 e. The Morgan fingerprint density at radius 3 is 2.20 bits per heavy atom. The van der Waals surface area contributed by atoms with Gasteiger partial charge < -0.3 is 4.90 Å². The molecule has 0 fully saturated rings. The highest BCUT2D eigenvalue weighted by molar-refractivity contribution is 5.37. The number of hydrogen-bond acceptors (Lipinski definition) is 2. The standard InChI is InChI=1S/C13H22N2/c1-3-5-11-15(12-6-4-2)13-9-7-8-10-14-13/h7-10H,3-6,11-12H2,1-2H3. The van der Waals surface area contributed by atoms with Crippen LogP contribution in [0.2, 0.25) is 0 Å². The Labute approximate surface area is 93.3 Å². The maximum absolute atomic E-state index is 4.41. The highest BCUT2D eigenvalue weighted by atomic mass is 15.2. The van der Waals surface area contributed by atoms with Crippen LogP contribution in [0.3, 0.4) is 0 Å². The highest BCUT2D eigenvalue weighted by Gasteiger charge is 2.05. The first-order chi connectivity index (χ1) is 7.38. The van der Waals surface area contributed by atoms with Crippen molar-refractivity contribution in [3.05, 3.63) is 24.4 Å². The van der Waals surface area contributed by atoms with E-state index >= 15 is 0 Å². The van der Waals surface area contributed by atoms with Gasteiger partial charge in [0, 0.05) is 19.3 Å². The minimum Gasteiger partial charge on any atom is -0.357 e. The first-order valence-electron chi connectivity index (χ1n) is 6.04. The fourth-order valence-electron chi connectivity index (χ4n) is 1.58. The Kier molecular flexibility index (Phi) is 5.83. The van der Waals surface area contributed by atoms with Gasteiger partial charge in [-0.25, -0.2) is 4.98 Å². The van der Waals surface area contributed by atoms with Gasteiger partial charge in [-0.05, 0) is 25.0 Å². The van der Waals surface area contributed by atoms with E-state index in [0.29, 0.717) is 0 Å². The Morgan fingerprint density at radius 1 is 1.07 bits per heavy atom. The maximum atomic E-state index is 4.41. The monoisotopic (exact) mass is 206 g/mol. The lowest BCUT2D eigenvalue weighted by Crippen LogP contribution is -2.26. The van der Waals surface area contributed by atoms with Crippen LogP contribution in [0.5, 0.6) is 0 Å². The molecule has 1 heterocycles. The Hall–Kier alpha value is -1.05. The molecular formula is C13H22N2. The van der Waals surface area contributed by atoms with Crippen LogP contribution in [0.15, 0.2) is 24.4 Å². The highest BCUT2D eigenvalue weighted by Crippen LogP contribution is 2.11. The number of aromatic nitrogens is 1. The third-order valence-corrected chi connectivity index (χ3v) is 2.54. The van der Waals surface area contributed by atoms with E-state index in [-0.39, 0.29) is 0 Å². The molecule has 1 rings (SSSR count). The summed E-state index contributed by atoms with van der Waals surface area (Å²) in [6.45, 7) is 6.73. The topological polar surface area (TPSA) is 16.1 Å². The molecule has 84 valence electrons. The Bertz CT molecular complexity index is 238. The average molecular weight is 206 g/mol. The predicted molar refractivity (Wildman–Crippen MR) is 66.3 cm³/mol.